The fourth-order valence-electron chi connectivity index (χ4n) is 3.68. The molecule has 1 saturated heterocycles. The Morgan fingerprint density at radius 1 is 1.06 bits per heavy atom. The van der Waals surface area contributed by atoms with Crippen LogP contribution in [0.3, 0.4) is 0 Å². The molecule has 166 valence electrons. The SMILES string of the molecule is Cc1ccc(S(=O)(=O)Nc2ccccc2C(=O)N2CCCCC2)c(C)c1OCC(=O)O. The molecule has 3 rings (SSSR count). The van der Waals surface area contributed by atoms with Crippen molar-refractivity contribution in [3.63, 3.8) is 0 Å². The van der Waals surface area contributed by atoms with E-state index in [2.05, 4.69) is 4.72 Å². The number of carbonyl (C=O) groups excluding carboxylic acids is 1. The van der Waals surface area contributed by atoms with Gasteiger partial charge in [0.25, 0.3) is 15.9 Å². The van der Waals surface area contributed by atoms with Crippen LogP contribution in [0.15, 0.2) is 41.3 Å². The number of likely N-dealkylation sites (tertiary alicyclic amines) is 1. The zero-order chi connectivity index (χ0) is 22.6. The maximum atomic E-state index is 13.2. The number of nitrogens with one attached hydrogen (secondary N) is 1. The number of carboxylic acid groups (broad SMARTS) is 1. The van der Waals surface area contributed by atoms with Gasteiger partial charge in [-0.3, -0.25) is 9.52 Å². The Morgan fingerprint density at radius 2 is 1.74 bits per heavy atom. The van der Waals surface area contributed by atoms with E-state index >= 15 is 0 Å². The number of aliphatic carboxylic acids is 1. The van der Waals surface area contributed by atoms with E-state index in [0.717, 1.165) is 19.3 Å². The lowest BCUT2D eigenvalue weighted by atomic mass is 10.1. The van der Waals surface area contributed by atoms with Crippen molar-refractivity contribution in [3.8, 4) is 5.75 Å². The number of ether oxygens (including phenoxy) is 1. The van der Waals surface area contributed by atoms with Crippen LogP contribution in [-0.2, 0) is 14.8 Å². The number of piperidine rings is 1. The van der Waals surface area contributed by atoms with Gasteiger partial charge in [-0.25, -0.2) is 13.2 Å². The number of benzene rings is 2. The monoisotopic (exact) mass is 446 g/mol. The van der Waals surface area contributed by atoms with Gasteiger partial charge < -0.3 is 14.7 Å². The lowest BCUT2D eigenvalue weighted by molar-refractivity contribution is -0.139. The van der Waals surface area contributed by atoms with Gasteiger partial charge in [0.2, 0.25) is 0 Å². The lowest BCUT2D eigenvalue weighted by Gasteiger charge is -2.27. The fraction of sp³-hybridized carbons (Fsp3) is 0.364. The van der Waals surface area contributed by atoms with Crippen molar-refractivity contribution in [1.29, 1.82) is 0 Å². The quantitative estimate of drug-likeness (QED) is 0.675. The summed E-state index contributed by atoms with van der Waals surface area (Å²) in [5, 5.41) is 8.88. The van der Waals surface area contributed by atoms with Crippen molar-refractivity contribution in [2.45, 2.75) is 38.0 Å². The maximum Gasteiger partial charge on any atom is 0.341 e. The van der Waals surface area contributed by atoms with Crippen LogP contribution in [0.4, 0.5) is 5.69 Å². The van der Waals surface area contributed by atoms with Gasteiger partial charge in [0.1, 0.15) is 5.75 Å². The summed E-state index contributed by atoms with van der Waals surface area (Å²) in [7, 11) is -4.06. The van der Waals surface area contributed by atoms with Gasteiger partial charge in [0.15, 0.2) is 6.61 Å². The summed E-state index contributed by atoms with van der Waals surface area (Å²) in [6.07, 6.45) is 2.94. The van der Waals surface area contributed by atoms with Crippen molar-refractivity contribution >= 4 is 27.6 Å². The molecule has 9 heteroatoms. The molecule has 0 aliphatic carbocycles. The molecule has 1 aliphatic rings. The topological polar surface area (TPSA) is 113 Å². The molecule has 0 radical (unpaired) electrons. The molecule has 2 aromatic rings. The van der Waals surface area contributed by atoms with Crippen LogP contribution in [0.2, 0.25) is 0 Å². The Kier molecular flexibility index (Phi) is 6.84. The van der Waals surface area contributed by atoms with Crippen molar-refractivity contribution in [2.75, 3.05) is 24.4 Å². The molecule has 31 heavy (non-hydrogen) atoms. The highest BCUT2D eigenvalue weighted by Crippen LogP contribution is 2.31. The van der Waals surface area contributed by atoms with E-state index in [-0.39, 0.29) is 22.2 Å². The zero-order valence-electron chi connectivity index (χ0n) is 17.6. The number of para-hydroxylation sites is 1. The minimum absolute atomic E-state index is 0.0429. The number of hydrogen-bond acceptors (Lipinski definition) is 5. The highest BCUT2D eigenvalue weighted by atomic mass is 32.2. The molecule has 0 unspecified atom stereocenters. The maximum absolute atomic E-state index is 13.2. The average molecular weight is 447 g/mol. The summed E-state index contributed by atoms with van der Waals surface area (Å²) in [4.78, 5) is 25.5. The fourth-order valence-corrected chi connectivity index (χ4v) is 5.00. The zero-order valence-corrected chi connectivity index (χ0v) is 18.4. The first-order valence-corrected chi connectivity index (χ1v) is 11.5. The van der Waals surface area contributed by atoms with Crippen LogP contribution in [0.25, 0.3) is 0 Å². The summed E-state index contributed by atoms with van der Waals surface area (Å²) in [6.45, 7) is 4.00. The second kappa shape index (κ2) is 9.38. The van der Waals surface area contributed by atoms with E-state index in [0.29, 0.717) is 29.8 Å². The van der Waals surface area contributed by atoms with Crippen LogP contribution >= 0.6 is 0 Å². The van der Waals surface area contributed by atoms with Crippen LogP contribution in [0.5, 0.6) is 5.75 Å². The third-order valence-corrected chi connectivity index (χ3v) is 6.74. The smallest absolute Gasteiger partial charge is 0.341 e. The van der Waals surface area contributed by atoms with Crippen LogP contribution in [-0.4, -0.2) is 50.0 Å². The van der Waals surface area contributed by atoms with E-state index in [1.54, 1.807) is 49.1 Å². The van der Waals surface area contributed by atoms with Crippen molar-refractivity contribution in [1.82, 2.24) is 4.90 Å². The standard InChI is InChI=1S/C22H26N2O6S/c1-15-10-11-19(16(2)21(15)30-14-20(25)26)31(28,29)23-18-9-5-4-8-17(18)22(27)24-12-6-3-7-13-24/h4-5,8-11,23H,3,6-7,12-14H2,1-2H3,(H,25,26). The second-order valence-electron chi connectivity index (χ2n) is 7.52. The highest BCUT2D eigenvalue weighted by molar-refractivity contribution is 7.92. The Bertz CT molecular complexity index is 1090. The number of anilines is 1. The molecule has 1 heterocycles. The first-order chi connectivity index (χ1) is 14.7. The molecule has 0 aromatic heterocycles. The summed E-state index contributed by atoms with van der Waals surface area (Å²) >= 11 is 0. The molecule has 8 nitrogen and oxygen atoms in total. The van der Waals surface area contributed by atoms with Gasteiger partial charge in [-0.2, -0.15) is 0 Å². The van der Waals surface area contributed by atoms with E-state index in [1.165, 1.54) is 6.07 Å². The van der Waals surface area contributed by atoms with E-state index < -0.39 is 22.6 Å². The van der Waals surface area contributed by atoms with Gasteiger partial charge in [-0.1, -0.05) is 18.2 Å². The first-order valence-electron chi connectivity index (χ1n) is 10.1. The third-order valence-electron chi connectivity index (χ3n) is 5.23. The predicted molar refractivity (Wildman–Crippen MR) is 116 cm³/mol. The van der Waals surface area contributed by atoms with Crippen molar-refractivity contribution < 1.29 is 27.9 Å². The summed E-state index contributed by atoms with van der Waals surface area (Å²) in [5.74, 6) is -1.15. The number of aryl methyl sites for hydroxylation is 1. The summed E-state index contributed by atoms with van der Waals surface area (Å²) in [6, 6.07) is 9.52. The Hall–Kier alpha value is -3.07. The number of rotatable bonds is 7. The number of carbonyl (C=O) groups is 2. The van der Waals surface area contributed by atoms with Gasteiger partial charge in [0.05, 0.1) is 16.1 Å². The number of hydrogen-bond donors (Lipinski definition) is 2. The van der Waals surface area contributed by atoms with E-state index in [4.69, 9.17) is 9.84 Å². The Morgan fingerprint density at radius 3 is 2.42 bits per heavy atom. The first kappa shape index (κ1) is 22.6. The van der Waals surface area contributed by atoms with Gasteiger partial charge in [-0.05, 0) is 56.9 Å². The van der Waals surface area contributed by atoms with E-state index in [1.807, 2.05) is 0 Å². The molecular formula is C22H26N2O6S. The highest BCUT2D eigenvalue weighted by Gasteiger charge is 2.25. The van der Waals surface area contributed by atoms with Crippen molar-refractivity contribution in [2.24, 2.45) is 0 Å². The number of carboxylic acids is 1. The Labute approximate surface area is 181 Å². The lowest BCUT2D eigenvalue weighted by Crippen LogP contribution is -2.36. The van der Waals surface area contributed by atoms with Crippen LogP contribution < -0.4 is 9.46 Å². The summed E-state index contributed by atoms with van der Waals surface area (Å²) in [5.41, 5.74) is 1.41. The molecule has 1 fully saturated rings. The van der Waals surface area contributed by atoms with E-state index in [9.17, 15) is 18.0 Å². The molecule has 0 atom stereocenters. The van der Waals surface area contributed by atoms with Gasteiger partial charge >= 0.3 is 5.97 Å². The normalized spacial score (nSPS) is 14.2. The third kappa shape index (κ3) is 5.16. The minimum Gasteiger partial charge on any atom is -0.481 e. The number of nitrogens with zero attached hydrogens (tertiary/aromatic N) is 1. The molecular weight excluding hydrogens is 420 g/mol. The minimum atomic E-state index is -4.06. The molecule has 2 aromatic carbocycles. The number of amides is 1. The molecule has 1 amide bonds. The second-order valence-corrected chi connectivity index (χ2v) is 9.17. The molecule has 1 aliphatic heterocycles. The number of sulfonamides is 1. The summed E-state index contributed by atoms with van der Waals surface area (Å²) < 4.78 is 34.2. The van der Waals surface area contributed by atoms with Crippen molar-refractivity contribution in [3.05, 3.63) is 53.1 Å². The molecule has 0 bridgehead atoms. The van der Waals surface area contributed by atoms with Gasteiger partial charge in [-0.15, -0.1) is 0 Å². The largest absolute Gasteiger partial charge is 0.481 e. The van der Waals surface area contributed by atoms with Crippen LogP contribution in [0, 0.1) is 13.8 Å². The molecule has 2 N–H and O–H groups in total. The molecule has 0 spiro atoms. The molecule has 0 saturated carbocycles. The van der Waals surface area contributed by atoms with Gasteiger partial charge in [0, 0.05) is 18.7 Å². The Balaban J connectivity index is 1.92. The predicted octanol–water partition coefficient (Wildman–Crippen LogP) is 3.19. The van der Waals surface area contributed by atoms with Crippen LogP contribution in [0.1, 0.15) is 40.7 Å². The average Bonchev–Trinajstić information content (AvgIpc) is 2.73.